The van der Waals surface area contributed by atoms with Crippen molar-refractivity contribution in [3.8, 4) is 0 Å². The van der Waals surface area contributed by atoms with Crippen molar-refractivity contribution in [2.75, 3.05) is 19.6 Å². The summed E-state index contributed by atoms with van der Waals surface area (Å²) in [6.07, 6.45) is 0.502. The minimum atomic E-state index is -0.908. The van der Waals surface area contributed by atoms with Crippen LogP contribution in [0.1, 0.15) is 17.0 Å². The number of amides is 1. The van der Waals surface area contributed by atoms with Crippen LogP contribution in [0.15, 0.2) is 28.9 Å². The highest BCUT2D eigenvalue weighted by atomic mass is 35.5. The van der Waals surface area contributed by atoms with Crippen LogP contribution in [0.2, 0.25) is 5.02 Å². The van der Waals surface area contributed by atoms with Crippen LogP contribution < -0.4 is 5.32 Å². The highest BCUT2D eigenvalue weighted by Crippen LogP contribution is 2.35. The van der Waals surface area contributed by atoms with Crippen LogP contribution in [-0.2, 0) is 22.6 Å². The molecule has 3 rings (SSSR count). The van der Waals surface area contributed by atoms with E-state index in [0.717, 1.165) is 5.56 Å². The van der Waals surface area contributed by atoms with Gasteiger partial charge >= 0.3 is 5.97 Å². The molecule has 0 radical (unpaired) electrons. The molecule has 0 saturated carbocycles. The van der Waals surface area contributed by atoms with Crippen LogP contribution in [0.5, 0.6) is 0 Å². The predicted molar refractivity (Wildman–Crippen MR) is 92.5 cm³/mol. The molecule has 0 unspecified atom stereocenters. The molecule has 1 aliphatic rings. The first kappa shape index (κ1) is 18.3. The van der Waals surface area contributed by atoms with E-state index in [-0.39, 0.29) is 19.0 Å². The number of benzene rings is 1. The van der Waals surface area contributed by atoms with Crippen LogP contribution in [0.25, 0.3) is 0 Å². The van der Waals surface area contributed by atoms with E-state index in [1.807, 2.05) is 12.1 Å². The van der Waals surface area contributed by atoms with Gasteiger partial charge in [-0.05, 0) is 31.0 Å². The van der Waals surface area contributed by atoms with E-state index in [0.29, 0.717) is 35.9 Å². The van der Waals surface area contributed by atoms with Crippen LogP contribution in [0.3, 0.4) is 0 Å². The highest BCUT2D eigenvalue weighted by Gasteiger charge is 2.49. The number of carbonyl (C=O) groups is 2. The third-order valence-electron chi connectivity index (χ3n) is 4.51. The summed E-state index contributed by atoms with van der Waals surface area (Å²) in [5.74, 6) is -1.05. The van der Waals surface area contributed by atoms with Crippen molar-refractivity contribution in [2.45, 2.75) is 19.9 Å². The first-order valence-electron chi connectivity index (χ1n) is 8.13. The number of carbonyl (C=O) groups excluding carboxylic acids is 1. The standard InChI is InChI=1S/C17H19ClN4O4/c1-11-14(21-26-20-11)7-19-16(25)17(9-22(10-17)8-15(23)24)6-12-2-4-13(18)5-3-12/h2-5H,6-10H2,1H3,(H,19,25)(H,23,24). The maximum Gasteiger partial charge on any atom is 0.317 e. The SMILES string of the molecule is Cc1nonc1CNC(=O)C1(Cc2ccc(Cl)cc2)CN(CC(=O)O)C1. The second kappa shape index (κ2) is 7.43. The molecule has 1 amide bonds. The highest BCUT2D eigenvalue weighted by molar-refractivity contribution is 6.30. The fourth-order valence-corrected chi connectivity index (χ4v) is 3.33. The fourth-order valence-electron chi connectivity index (χ4n) is 3.20. The van der Waals surface area contributed by atoms with Crippen molar-refractivity contribution < 1.29 is 19.3 Å². The lowest BCUT2D eigenvalue weighted by Crippen LogP contribution is -2.64. The summed E-state index contributed by atoms with van der Waals surface area (Å²) in [6.45, 7) is 2.64. The number of rotatable bonds is 7. The number of nitrogens with zero attached hydrogens (tertiary/aromatic N) is 3. The summed E-state index contributed by atoms with van der Waals surface area (Å²) >= 11 is 5.92. The molecule has 1 aliphatic heterocycles. The number of aryl methyl sites for hydroxylation is 1. The average Bonchev–Trinajstić information content (AvgIpc) is 2.97. The zero-order valence-corrected chi connectivity index (χ0v) is 15.0. The molecule has 26 heavy (non-hydrogen) atoms. The van der Waals surface area contributed by atoms with Gasteiger partial charge in [0.25, 0.3) is 0 Å². The van der Waals surface area contributed by atoms with Gasteiger partial charge in [-0.3, -0.25) is 14.5 Å². The van der Waals surface area contributed by atoms with Gasteiger partial charge in [0.05, 0.1) is 18.5 Å². The van der Waals surface area contributed by atoms with E-state index in [4.69, 9.17) is 16.7 Å². The Hall–Kier alpha value is -2.45. The molecule has 0 bridgehead atoms. The molecule has 0 aliphatic carbocycles. The molecule has 2 N–H and O–H groups in total. The first-order chi connectivity index (χ1) is 12.4. The molecule has 0 atom stereocenters. The lowest BCUT2D eigenvalue weighted by atomic mass is 9.73. The van der Waals surface area contributed by atoms with Gasteiger partial charge < -0.3 is 10.4 Å². The van der Waals surface area contributed by atoms with E-state index in [1.165, 1.54) is 0 Å². The lowest BCUT2D eigenvalue weighted by Gasteiger charge is -2.48. The number of nitrogens with one attached hydrogen (secondary N) is 1. The molecular formula is C17H19ClN4O4. The van der Waals surface area contributed by atoms with Crippen molar-refractivity contribution in [3.05, 3.63) is 46.2 Å². The van der Waals surface area contributed by atoms with Crippen molar-refractivity contribution in [3.63, 3.8) is 0 Å². The van der Waals surface area contributed by atoms with Crippen molar-refractivity contribution >= 4 is 23.5 Å². The molecule has 0 spiro atoms. The summed E-state index contributed by atoms with van der Waals surface area (Å²) in [5.41, 5.74) is 1.48. The molecule has 1 fully saturated rings. The Morgan fingerprint density at radius 3 is 2.58 bits per heavy atom. The fraction of sp³-hybridized carbons (Fsp3) is 0.412. The van der Waals surface area contributed by atoms with Gasteiger partial charge in [0.15, 0.2) is 0 Å². The molecule has 9 heteroatoms. The number of likely N-dealkylation sites (tertiary alicyclic amines) is 1. The number of aliphatic carboxylic acids is 1. The normalized spacial score (nSPS) is 16.1. The van der Waals surface area contributed by atoms with Crippen molar-refractivity contribution in [1.29, 1.82) is 0 Å². The van der Waals surface area contributed by atoms with Gasteiger partial charge in [0, 0.05) is 18.1 Å². The monoisotopic (exact) mass is 378 g/mol. The predicted octanol–water partition coefficient (Wildman–Crippen LogP) is 1.28. The first-order valence-corrected chi connectivity index (χ1v) is 8.51. The number of aromatic nitrogens is 2. The number of carboxylic acid groups (broad SMARTS) is 1. The molecular weight excluding hydrogens is 360 g/mol. The topological polar surface area (TPSA) is 109 Å². The zero-order chi connectivity index (χ0) is 18.7. The number of hydrogen-bond donors (Lipinski definition) is 2. The second-order valence-electron chi connectivity index (χ2n) is 6.60. The Kier molecular flexibility index (Phi) is 5.24. The van der Waals surface area contributed by atoms with Crippen LogP contribution in [0, 0.1) is 12.3 Å². The largest absolute Gasteiger partial charge is 0.480 e. The van der Waals surface area contributed by atoms with Gasteiger partial charge in [-0.25, -0.2) is 4.63 Å². The summed E-state index contributed by atoms with van der Waals surface area (Å²) in [4.78, 5) is 25.5. The maximum absolute atomic E-state index is 12.9. The summed E-state index contributed by atoms with van der Waals surface area (Å²) in [7, 11) is 0. The van der Waals surface area contributed by atoms with Gasteiger partial charge in [-0.2, -0.15) is 0 Å². The van der Waals surface area contributed by atoms with Crippen molar-refractivity contribution in [2.24, 2.45) is 5.41 Å². The van der Waals surface area contributed by atoms with Gasteiger partial charge in [0.1, 0.15) is 11.4 Å². The summed E-state index contributed by atoms with van der Waals surface area (Å²) < 4.78 is 4.63. The zero-order valence-electron chi connectivity index (χ0n) is 14.2. The van der Waals surface area contributed by atoms with E-state index in [1.54, 1.807) is 24.0 Å². The van der Waals surface area contributed by atoms with E-state index in [9.17, 15) is 9.59 Å². The van der Waals surface area contributed by atoms with E-state index >= 15 is 0 Å². The minimum Gasteiger partial charge on any atom is -0.480 e. The molecule has 2 heterocycles. The Labute approximate surface area is 155 Å². The molecule has 2 aromatic rings. The number of hydrogen-bond acceptors (Lipinski definition) is 6. The summed E-state index contributed by atoms with van der Waals surface area (Å²) in [6, 6.07) is 7.31. The number of carboxylic acids is 1. The third-order valence-corrected chi connectivity index (χ3v) is 4.76. The third kappa shape index (κ3) is 4.03. The maximum atomic E-state index is 12.9. The lowest BCUT2D eigenvalue weighted by molar-refractivity contribution is -0.150. The molecule has 8 nitrogen and oxygen atoms in total. The molecule has 138 valence electrons. The van der Waals surface area contributed by atoms with Crippen LogP contribution >= 0.6 is 11.6 Å². The Balaban J connectivity index is 1.70. The van der Waals surface area contributed by atoms with Crippen LogP contribution in [-0.4, -0.2) is 51.8 Å². The quantitative estimate of drug-likeness (QED) is 0.746. The molecule has 1 saturated heterocycles. The molecule has 1 aromatic carbocycles. The van der Waals surface area contributed by atoms with Gasteiger partial charge in [0.2, 0.25) is 5.91 Å². The second-order valence-corrected chi connectivity index (χ2v) is 7.04. The average molecular weight is 379 g/mol. The summed E-state index contributed by atoms with van der Waals surface area (Å²) in [5, 5.41) is 19.9. The van der Waals surface area contributed by atoms with E-state index < -0.39 is 11.4 Å². The van der Waals surface area contributed by atoms with Crippen LogP contribution in [0.4, 0.5) is 0 Å². The Morgan fingerprint density at radius 1 is 1.31 bits per heavy atom. The molecule has 1 aromatic heterocycles. The minimum absolute atomic E-state index is 0.0814. The van der Waals surface area contributed by atoms with Gasteiger partial charge in [-0.15, -0.1) is 0 Å². The Bertz CT molecular complexity index is 799. The van der Waals surface area contributed by atoms with Gasteiger partial charge in [-0.1, -0.05) is 34.0 Å². The Morgan fingerprint density at radius 2 is 2.00 bits per heavy atom. The van der Waals surface area contributed by atoms with E-state index in [2.05, 4.69) is 20.3 Å². The van der Waals surface area contributed by atoms with Crippen molar-refractivity contribution in [1.82, 2.24) is 20.5 Å². The number of halogens is 1. The smallest absolute Gasteiger partial charge is 0.317 e.